The number of hydrogen-bond acceptors (Lipinski definition) is 4. The zero-order valence-electron chi connectivity index (χ0n) is 14.9. The molecule has 0 aliphatic carbocycles. The van der Waals surface area contributed by atoms with Gasteiger partial charge in [0.15, 0.2) is 11.6 Å². The topological polar surface area (TPSA) is 93.6 Å². The van der Waals surface area contributed by atoms with Crippen LogP contribution < -0.4 is 4.74 Å². The number of rotatable bonds is 6. The molecule has 2 rings (SSSR count). The maximum Gasteiger partial charge on any atom is 0.407 e. The molecule has 0 saturated carbocycles. The van der Waals surface area contributed by atoms with Crippen LogP contribution in [-0.4, -0.2) is 83.5 Å². The van der Waals surface area contributed by atoms with E-state index in [0.717, 1.165) is 5.56 Å². The second-order valence-electron chi connectivity index (χ2n) is 6.50. The lowest BCUT2D eigenvalue weighted by atomic mass is 10.1. The zero-order valence-corrected chi connectivity index (χ0v) is 14.9. The molecule has 144 valence electrons. The number of benzene rings is 1. The predicted molar refractivity (Wildman–Crippen MR) is 92.0 cm³/mol. The molecule has 1 heterocycles. The fraction of sp³-hybridized carbons (Fsp3) is 0.529. The summed E-state index contributed by atoms with van der Waals surface area (Å²) in [6.07, 6.45) is -1.91. The number of carboxylic acid groups (broad SMARTS) is 2. The van der Waals surface area contributed by atoms with Crippen molar-refractivity contribution in [2.24, 2.45) is 0 Å². The molecular formula is C17H24FN3O5. The van der Waals surface area contributed by atoms with Crippen molar-refractivity contribution in [3.63, 3.8) is 0 Å². The summed E-state index contributed by atoms with van der Waals surface area (Å²) in [6, 6.07) is 4.21. The fourth-order valence-electron chi connectivity index (χ4n) is 2.96. The SMILES string of the molecule is CN(C)Cc1ccc(OCC[C@@H]2CN(C(=O)O)CCN2C(=O)O)c(F)c1. The fourth-order valence-corrected chi connectivity index (χ4v) is 2.96. The van der Waals surface area contributed by atoms with Crippen LogP contribution in [-0.2, 0) is 6.54 Å². The number of hydrogen-bond donors (Lipinski definition) is 2. The molecule has 8 nitrogen and oxygen atoms in total. The van der Waals surface area contributed by atoms with E-state index in [1.807, 2.05) is 19.0 Å². The quantitative estimate of drug-likeness (QED) is 0.797. The molecule has 26 heavy (non-hydrogen) atoms. The molecule has 1 aromatic rings. The highest BCUT2D eigenvalue weighted by atomic mass is 19.1. The summed E-state index contributed by atoms with van der Waals surface area (Å²) in [5.74, 6) is -0.379. The van der Waals surface area contributed by atoms with Gasteiger partial charge >= 0.3 is 12.2 Å². The van der Waals surface area contributed by atoms with E-state index in [9.17, 15) is 19.1 Å². The molecule has 1 aromatic carbocycles. The van der Waals surface area contributed by atoms with Crippen LogP contribution in [0.1, 0.15) is 12.0 Å². The van der Waals surface area contributed by atoms with E-state index in [0.29, 0.717) is 6.54 Å². The number of halogens is 1. The van der Waals surface area contributed by atoms with Crippen molar-refractivity contribution in [3.8, 4) is 5.75 Å². The van der Waals surface area contributed by atoms with E-state index < -0.39 is 24.0 Å². The standard InChI is InChI=1S/C17H24FN3O5/c1-19(2)10-12-3-4-15(14(18)9-12)26-8-5-13-11-20(16(22)23)6-7-21(13)17(24)25/h3-4,9,13H,5-8,10-11H2,1-2H3,(H,22,23)(H,24,25)/t13-/m1/s1. The second-order valence-corrected chi connectivity index (χ2v) is 6.50. The normalized spacial score (nSPS) is 17.5. The number of amides is 2. The highest BCUT2D eigenvalue weighted by Gasteiger charge is 2.32. The van der Waals surface area contributed by atoms with Gasteiger partial charge in [-0.15, -0.1) is 0 Å². The Labute approximate surface area is 151 Å². The zero-order chi connectivity index (χ0) is 19.3. The smallest absolute Gasteiger partial charge is 0.407 e. The first-order valence-electron chi connectivity index (χ1n) is 8.31. The van der Waals surface area contributed by atoms with Crippen molar-refractivity contribution in [1.29, 1.82) is 0 Å². The third kappa shape index (κ3) is 5.22. The molecule has 0 radical (unpaired) electrons. The van der Waals surface area contributed by atoms with Gasteiger partial charge in [0.25, 0.3) is 0 Å². The Hall–Kier alpha value is -2.55. The first kappa shape index (κ1) is 19.8. The third-order valence-corrected chi connectivity index (χ3v) is 4.20. The Bertz CT molecular complexity index is 655. The summed E-state index contributed by atoms with van der Waals surface area (Å²) < 4.78 is 19.6. The summed E-state index contributed by atoms with van der Waals surface area (Å²) in [7, 11) is 3.78. The minimum Gasteiger partial charge on any atom is -0.490 e. The Kier molecular flexibility index (Phi) is 6.62. The van der Waals surface area contributed by atoms with Crippen molar-refractivity contribution in [2.45, 2.75) is 19.0 Å². The molecular weight excluding hydrogens is 345 g/mol. The number of carbonyl (C=O) groups is 2. The van der Waals surface area contributed by atoms with Gasteiger partial charge < -0.3 is 29.6 Å². The molecule has 1 aliphatic rings. The molecule has 0 bridgehead atoms. The van der Waals surface area contributed by atoms with E-state index in [-0.39, 0.29) is 38.4 Å². The van der Waals surface area contributed by atoms with Gasteiger partial charge in [-0.1, -0.05) is 6.07 Å². The van der Waals surface area contributed by atoms with Crippen molar-refractivity contribution < 1.29 is 28.9 Å². The van der Waals surface area contributed by atoms with Crippen LogP contribution >= 0.6 is 0 Å². The third-order valence-electron chi connectivity index (χ3n) is 4.20. The van der Waals surface area contributed by atoms with E-state index in [4.69, 9.17) is 9.84 Å². The number of nitrogens with zero attached hydrogens (tertiary/aromatic N) is 3. The molecule has 1 atom stereocenters. The van der Waals surface area contributed by atoms with Crippen LogP contribution in [0.4, 0.5) is 14.0 Å². The van der Waals surface area contributed by atoms with Gasteiger partial charge in [0.1, 0.15) is 0 Å². The lowest BCUT2D eigenvalue weighted by Gasteiger charge is -2.38. The van der Waals surface area contributed by atoms with Crippen LogP contribution in [0.2, 0.25) is 0 Å². The van der Waals surface area contributed by atoms with Crippen LogP contribution in [0.25, 0.3) is 0 Å². The monoisotopic (exact) mass is 369 g/mol. The average molecular weight is 369 g/mol. The Morgan fingerprint density at radius 1 is 1.27 bits per heavy atom. The van der Waals surface area contributed by atoms with Gasteiger partial charge in [-0.25, -0.2) is 14.0 Å². The Balaban J connectivity index is 1.94. The Morgan fingerprint density at radius 3 is 2.58 bits per heavy atom. The second kappa shape index (κ2) is 8.70. The summed E-state index contributed by atoms with van der Waals surface area (Å²) in [5.41, 5.74) is 0.821. The summed E-state index contributed by atoms with van der Waals surface area (Å²) in [4.78, 5) is 26.7. The van der Waals surface area contributed by atoms with E-state index in [1.54, 1.807) is 12.1 Å². The Morgan fingerprint density at radius 2 is 2.00 bits per heavy atom. The minimum absolute atomic E-state index is 0.0786. The van der Waals surface area contributed by atoms with E-state index >= 15 is 0 Å². The molecule has 0 spiro atoms. The van der Waals surface area contributed by atoms with Crippen molar-refractivity contribution in [2.75, 3.05) is 40.3 Å². The van der Waals surface area contributed by atoms with Crippen LogP contribution in [0.5, 0.6) is 5.75 Å². The van der Waals surface area contributed by atoms with Gasteiger partial charge in [-0.05, 0) is 31.8 Å². The largest absolute Gasteiger partial charge is 0.490 e. The van der Waals surface area contributed by atoms with Crippen LogP contribution in [0.15, 0.2) is 18.2 Å². The molecule has 2 amide bonds. The summed E-state index contributed by atoms with van der Waals surface area (Å²) >= 11 is 0. The lowest BCUT2D eigenvalue weighted by molar-refractivity contribution is 0.0560. The van der Waals surface area contributed by atoms with Gasteiger partial charge in [0.2, 0.25) is 0 Å². The molecule has 9 heteroatoms. The van der Waals surface area contributed by atoms with Crippen molar-refractivity contribution >= 4 is 12.2 Å². The van der Waals surface area contributed by atoms with E-state index in [2.05, 4.69) is 0 Å². The van der Waals surface area contributed by atoms with Crippen LogP contribution in [0, 0.1) is 5.82 Å². The van der Waals surface area contributed by atoms with Gasteiger partial charge in [-0.3, -0.25) is 0 Å². The van der Waals surface area contributed by atoms with Crippen LogP contribution in [0.3, 0.4) is 0 Å². The number of ether oxygens (including phenoxy) is 1. The highest BCUT2D eigenvalue weighted by Crippen LogP contribution is 2.20. The van der Waals surface area contributed by atoms with E-state index in [1.165, 1.54) is 15.9 Å². The average Bonchev–Trinajstić information content (AvgIpc) is 2.55. The molecule has 1 aliphatic heterocycles. The maximum atomic E-state index is 14.1. The summed E-state index contributed by atoms with van der Waals surface area (Å²) in [5, 5.41) is 18.3. The molecule has 0 unspecified atom stereocenters. The lowest BCUT2D eigenvalue weighted by Crippen LogP contribution is -2.56. The van der Waals surface area contributed by atoms with Gasteiger partial charge in [-0.2, -0.15) is 0 Å². The molecule has 1 fully saturated rings. The summed E-state index contributed by atoms with van der Waals surface area (Å²) in [6.45, 7) is 1.03. The van der Waals surface area contributed by atoms with Crippen molar-refractivity contribution in [1.82, 2.24) is 14.7 Å². The minimum atomic E-state index is -1.10. The molecule has 1 saturated heterocycles. The van der Waals surface area contributed by atoms with Gasteiger partial charge in [0, 0.05) is 32.6 Å². The first-order valence-corrected chi connectivity index (χ1v) is 8.31. The molecule has 2 N–H and O–H groups in total. The number of piperazine rings is 1. The van der Waals surface area contributed by atoms with Crippen molar-refractivity contribution in [3.05, 3.63) is 29.6 Å². The first-order chi connectivity index (χ1) is 12.3. The van der Waals surface area contributed by atoms with Gasteiger partial charge in [0.05, 0.1) is 12.6 Å². The predicted octanol–water partition coefficient (Wildman–Crippen LogP) is 2.00. The maximum absolute atomic E-state index is 14.1. The molecule has 0 aromatic heterocycles. The highest BCUT2D eigenvalue weighted by molar-refractivity contribution is 5.68.